The Hall–Kier alpha value is -1.51. The molecule has 0 fully saturated rings. The van der Waals surface area contributed by atoms with E-state index in [0.29, 0.717) is 17.1 Å². The van der Waals surface area contributed by atoms with Gasteiger partial charge in [0.1, 0.15) is 23.7 Å². The van der Waals surface area contributed by atoms with E-state index in [2.05, 4.69) is 6.58 Å². The maximum atomic E-state index is 11.3. The van der Waals surface area contributed by atoms with Crippen molar-refractivity contribution in [3.05, 3.63) is 35.8 Å². The average Bonchev–Trinajstić information content (AvgIpc) is 2.41. The van der Waals surface area contributed by atoms with Crippen LogP contribution in [0.1, 0.15) is 21.9 Å². The lowest BCUT2D eigenvalue weighted by atomic mass is 10.2. The second-order valence-electron chi connectivity index (χ2n) is 2.71. The van der Waals surface area contributed by atoms with Gasteiger partial charge in [-0.25, -0.2) is 4.79 Å². The lowest BCUT2D eigenvalue weighted by molar-refractivity contribution is 0.0548. The summed E-state index contributed by atoms with van der Waals surface area (Å²) in [6.45, 7) is 7.20. The Morgan fingerprint density at radius 1 is 1.69 bits per heavy atom. The predicted molar refractivity (Wildman–Crippen MR) is 48.7 cm³/mol. The van der Waals surface area contributed by atoms with Crippen LogP contribution in [0.3, 0.4) is 0 Å². The van der Waals surface area contributed by atoms with Crippen molar-refractivity contribution >= 4 is 5.97 Å². The Kier molecular flexibility index (Phi) is 2.90. The Morgan fingerprint density at radius 2 is 2.38 bits per heavy atom. The minimum absolute atomic E-state index is 0.225. The molecule has 0 bridgehead atoms. The van der Waals surface area contributed by atoms with Gasteiger partial charge < -0.3 is 9.15 Å². The number of aryl methyl sites for hydroxylation is 2. The third-order valence-corrected chi connectivity index (χ3v) is 1.59. The molecule has 13 heavy (non-hydrogen) atoms. The number of carbonyl (C=O) groups excluding carboxylic acids is 1. The highest BCUT2D eigenvalue weighted by atomic mass is 16.5. The summed E-state index contributed by atoms with van der Waals surface area (Å²) in [4.78, 5) is 11.3. The number of hydrogen-bond donors (Lipinski definition) is 0. The van der Waals surface area contributed by atoms with Crippen LogP contribution in [0.15, 0.2) is 23.1 Å². The minimum Gasteiger partial charge on any atom is -0.466 e. The summed E-state index contributed by atoms with van der Waals surface area (Å²) in [7, 11) is 0. The number of rotatable bonds is 3. The third kappa shape index (κ3) is 2.21. The zero-order chi connectivity index (χ0) is 9.84. The van der Waals surface area contributed by atoms with Crippen LogP contribution < -0.4 is 0 Å². The molecule has 0 spiro atoms. The SMILES string of the molecule is C=CCOC(=O)c1cc(C)oc1C. The van der Waals surface area contributed by atoms with Gasteiger partial charge in [0.05, 0.1) is 0 Å². The normalized spacial score (nSPS) is 9.69. The Bertz CT molecular complexity index is 323. The van der Waals surface area contributed by atoms with Crippen molar-refractivity contribution in [3.63, 3.8) is 0 Å². The van der Waals surface area contributed by atoms with Crippen molar-refractivity contribution in [2.75, 3.05) is 6.61 Å². The molecule has 0 amide bonds. The van der Waals surface area contributed by atoms with Crippen LogP contribution in [-0.2, 0) is 4.74 Å². The van der Waals surface area contributed by atoms with Crippen LogP contribution in [0.5, 0.6) is 0 Å². The zero-order valence-corrected chi connectivity index (χ0v) is 7.79. The van der Waals surface area contributed by atoms with Crippen LogP contribution in [0, 0.1) is 13.8 Å². The highest BCUT2D eigenvalue weighted by Gasteiger charge is 2.13. The van der Waals surface area contributed by atoms with E-state index in [4.69, 9.17) is 9.15 Å². The summed E-state index contributed by atoms with van der Waals surface area (Å²) >= 11 is 0. The smallest absolute Gasteiger partial charge is 0.342 e. The highest BCUT2D eigenvalue weighted by molar-refractivity contribution is 5.90. The van der Waals surface area contributed by atoms with Gasteiger partial charge in [0.2, 0.25) is 0 Å². The molecule has 3 nitrogen and oxygen atoms in total. The van der Waals surface area contributed by atoms with Crippen molar-refractivity contribution in [1.29, 1.82) is 0 Å². The number of carbonyl (C=O) groups is 1. The fourth-order valence-corrected chi connectivity index (χ4v) is 1.05. The molecule has 0 unspecified atom stereocenters. The molecule has 0 aliphatic rings. The summed E-state index contributed by atoms with van der Waals surface area (Å²) < 4.78 is 10.0. The first kappa shape index (κ1) is 9.58. The molecule has 0 saturated carbocycles. The molecule has 3 heteroatoms. The summed E-state index contributed by atoms with van der Waals surface area (Å²) in [5.41, 5.74) is 0.486. The first-order valence-electron chi connectivity index (χ1n) is 4.00. The van der Waals surface area contributed by atoms with Gasteiger partial charge in [-0.3, -0.25) is 0 Å². The molecule has 1 aromatic heterocycles. The van der Waals surface area contributed by atoms with E-state index in [1.807, 2.05) is 0 Å². The summed E-state index contributed by atoms with van der Waals surface area (Å²) in [6, 6.07) is 1.67. The Balaban J connectivity index is 2.76. The van der Waals surface area contributed by atoms with Gasteiger partial charge in [-0.05, 0) is 19.9 Å². The lowest BCUT2D eigenvalue weighted by Gasteiger charge is -1.98. The van der Waals surface area contributed by atoms with E-state index in [1.165, 1.54) is 6.08 Å². The zero-order valence-electron chi connectivity index (χ0n) is 7.79. The van der Waals surface area contributed by atoms with Crippen LogP contribution in [0.2, 0.25) is 0 Å². The third-order valence-electron chi connectivity index (χ3n) is 1.59. The van der Waals surface area contributed by atoms with Crippen LogP contribution in [0.25, 0.3) is 0 Å². The summed E-state index contributed by atoms with van der Waals surface area (Å²) in [5, 5.41) is 0. The standard InChI is InChI=1S/C10H12O3/c1-4-5-12-10(11)9-6-7(2)13-8(9)3/h4,6H,1,5H2,2-3H3. The summed E-state index contributed by atoms with van der Waals surface area (Å²) in [6.07, 6.45) is 1.53. The molecule has 0 N–H and O–H groups in total. The predicted octanol–water partition coefficient (Wildman–Crippen LogP) is 2.24. The van der Waals surface area contributed by atoms with E-state index in [-0.39, 0.29) is 12.6 Å². The second kappa shape index (κ2) is 3.94. The second-order valence-corrected chi connectivity index (χ2v) is 2.71. The van der Waals surface area contributed by atoms with E-state index in [9.17, 15) is 4.79 Å². The van der Waals surface area contributed by atoms with Gasteiger partial charge in [0, 0.05) is 0 Å². The lowest BCUT2D eigenvalue weighted by Crippen LogP contribution is -2.04. The molecule has 1 rings (SSSR count). The van der Waals surface area contributed by atoms with E-state index in [1.54, 1.807) is 19.9 Å². The number of esters is 1. The Labute approximate surface area is 77.0 Å². The van der Waals surface area contributed by atoms with Gasteiger partial charge in [0.25, 0.3) is 0 Å². The molecule has 1 aromatic rings. The van der Waals surface area contributed by atoms with Crippen molar-refractivity contribution in [2.45, 2.75) is 13.8 Å². The maximum absolute atomic E-state index is 11.3. The van der Waals surface area contributed by atoms with Crippen molar-refractivity contribution in [2.24, 2.45) is 0 Å². The topological polar surface area (TPSA) is 39.4 Å². The molecular weight excluding hydrogens is 168 g/mol. The number of ether oxygens (including phenoxy) is 1. The molecule has 0 atom stereocenters. The fourth-order valence-electron chi connectivity index (χ4n) is 1.05. The van der Waals surface area contributed by atoms with Gasteiger partial charge in [-0.2, -0.15) is 0 Å². The quantitative estimate of drug-likeness (QED) is 0.529. The van der Waals surface area contributed by atoms with Crippen LogP contribution in [-0.4, -0.2) is 12.6 Å². The molecule has 70 valence electrons. The van der Waals surface area contributed by atoms with Crippen molar-refractivity contribution < 1.29 is 13.9 Å². The van der Waals surface area contributed by atoms with Crippen molar-refractivity contribution in [1.82, 2.24) is 0 Å². The van der Waals surface area contributed by atoms with E-state index < -0.39 is 0 Å². The van der Waals surface area contributed by atoms with Crippen molar-refractivity contribution in [3.8, 4) is 0 Å². The van der Waals surface area contributed by atoms with Gasteiger partial charge in [0.15, 0.2) is 0 Å². The van der Waals surface area contributed by atoms with Crippen LogP contribution >= 0.6 is 0 Å². The van der Waals surface area contributed by atoms with E-state index in [0.717, 1.165) is 0 Å². The largest absolute Gasteiger partial charge is 0.466 e. The molecule has 0 radical (unpaired) electrons. The minimum atomic E-state index is -0.366. The molecule has 0 saturated heterocycles. The highest BCUT2D eigenvalue weighted by Crippen LogP contribution is 2.14. The van der Waals surface area contributed by atoms with Crippen LogP contribution in [0.4, 0.5) is 0 Å². The maximum Gasteiger partial charge on any atom is 0.342 e. The molecule has 0 aliphatic heterocycles. The molecular formula is C10H12O3. The van der Waals surface area contributed by atoms with Gasteiger partial charge in [-0.1, -0.05) is 12.7 Å². The molecule has 0 aromatic carbocycles. The molecule has 1 heterocycles. The first-order valence-corrected chi connectivity index (χ1v) is 4.00. The average molecular weight is 180 g/mol. The van der Waals surface area contributed by atoms with E-state index >= 15 is 0 Å². The first-order chi connectivity index (χ1) is 6.15. The Morgan fingerprint density at radius 3 is 2.85 bits per heavy atom. The fraction of sp³-hybridized carbons (Fsp3) is 0.300. The molecule has 0 aliphatic carbocycles. The summed E-state index contributed by atoms with van der Waals surface area (Å²) in [5.74, 6) is 0.934. The number of furan rings is 1. The monoisotopic (exact) mass is 180 g/mol. The van der Waals surface area contributed by atoms with Gasteiger partial charge in [-0.15, -0.1) is 0 Å². The van der Waals surface area contributed by atoms with Gasteiger partial charge >= 0.3 is 5.97 Å². The number of hydrogen-bond acceptors (Lipinski definition) is 3.